The van der Waals surface area contributed by atoms with Crippen LogP contribution in [0.2, 0.25) is 5.02 Å². The van der Waals surface area contributed by atoms with Crippen LogP contribution in [0.5, 0.6) is 5.75 Å². The SMILES string of the molecule is CCN(CC)S(=O)(=O)c1ccc(Cl)c(NC(=O)COc2ccc(C)nc2[N+](=O)[O-])c1. The summed E-state index contributed by atoms with van der Waals surface area (Å²) in [5.41, 5.74) is 0.506. The van der Waals surface area contributed by atoms with Crippen molar-refractivity contribution >= 4 is 39.0 Å². The van der Waals surface area contributed by atoms with E-state index < -0.39 is 33.3 Å². The van der Waals surface area contributed by atoms with E-state index in [1.165, 1.54) is 34.6 Å². The van der Waals surface area contributed by atoms with Crippen molar-refractivity contribution in [2.45, 2.75) is 25.7 Å². The molecule has 162 valence electrons. The Hall–Kier alpha value is -2.76. The molecule has 30 heavy (non-hydrogen) atoms. The smallest absolute Gasteiger partial charge is 0.406 e. The van der Waals surface area contributed by atoms with Crippen molar-refractivity contribution in [3.8, 4) is 5.75 Å². The lowest BCUT2D eigenvalue weighted by atomic mass is 10.3. The van der Waals surface area contributed by atoms with Gasteiger partial charge in [0.25, 0.3) is 5.91 Å². The van der Waals surface area contributed by atoms with E-state index in [9.17, 15) is 23.3 Å². The van der Waals surface area contributed by atoms with Gasteiger partial charge in [-0.2, -0.15) is 4.31 Å². The number of aryl methyl sites for hydroxylation is 1. The fourth-order valence-electron chi connectivity index (χ4n) is 2.58. The third-order valence-electron chi connectivity index (χ3n) is 4.07. The molecule has 10 nitrogen and oxygen atoms in total. The third kappa shape index (κ3) is 5.43. The van der Waals surface area contributed by atoms with Crippen LogP contribution in [0.15, 0.2) is 35.2 Å². The first-order valence-electron chi connectivity index (χ1n) is 8.94. The number of ether oxygens (including phenoxy) is 1. The van der Waals surface area contributed by atoms with Crippen LogP contribution in [0.4, 0.5) is 11.5 Å². The maximum Gasteiger partial charge on any atom is 0.406 e. The standard InChI is InChI=1S/C18H21ClN4O6S/c1-4-22(5-2)30(27,28)13-7-8-14(19)15(10-13)21-17(24)11-29-16-9-6-12(3)20-18(16)23(25)26/h6-10H,4-5,11H2,1-3H3,(H,21,24). The Balaban J connectivity index is 2.17. The van der Waals surface area contributed by atoms with Gasteiger partial charge in [0, 0.05) is 20.0 Å². The van der Waals surface area contributed by atoms with Gasteiger partial charge in [0.2, 0.25) is 15.8 Å². The number of aromatic nitrogens is 1. The molecule has 1 heterocycles. The van der Waals surface area contributed by atoms with Crippen LogP contribution in [0.1, 0.15) is 19.5 Å². The van der Waals surface area contributed by atoms with Gasteiger partial charge < -0.3 is 20.2 Å². The van der Waals surface area contributed by atoms with Crippen LogP contribution < -0.4 is 10.1 Å². The summed E-state index contributed by atoms with van der Waals surface area (Å²) in [5.74, 6) is -1.35. The highest BCUT2D eigenvalue weighted by atomic mass is 35.5. The fraction of sp³-hybridized carbons (Fsp3) is 0.333. The summed E-state index contributed by atoms with van der Waals surface area (Å²) in [7, 11) is -3.74. The molecular formula is C18H21ClN4O6S. The Morgan fingerprint density at radius 2 is 1.93 bits per heavy atom. The number of rotatable bonds is 9. The number of pyridine rings is 1. The monoisotopic (exact) mass is 456 g/mol. The first-order valence-corrected chi connectivity index (χ1v) is 10.8. The minimum atomic E-state index is -3.74. The molecule has 0 atom stereocenters. The average molecular weight is 457 g/mol. The lowest BCUT2D eigenvalue weighted by molar-refractivity contribution is -0.390. The number of nitrogens with zero attached hydrogens (tertiary/aromatic N) is 3. The van der Waals surface area contributed by atoms with Crippen LogP contribution >= 0.6 is 11.6 Å². The molecule has 0 radical (unpaired) electrons. The third-order valence-corrected chi connectivity index (χ3v) is 6.44. The molecule has 2 rings (SSSR count). The Morgan fingerprint density at radius 3 is 2.53 bits per heavy atom. The van der Waals surface area contributed by atoms with Crippen molar-refractivity contribution < 1.29 is 22.9 Å². The summed E-state index contributed by atoms with van der Waals surface area (Å²) in [6, 6.07) is 6.83. The summed E-state index contributed by atoms with van der Waals surface area (Å²) < 4.78 is 31.8. The van der Waals surface area contributed by atoms with Gasteiger partial charge in [0.1, 0.15) is 5.69 Å². The zero-order valence-electron chi connectivity index (χ0n) is 16.6. The molecule has 1 amide bonds. The zero-order chi connectivity index (χ0) is 22.5. The predicted octanol–water partition coefficient (Wildman–Crippen LogP) is 3.00. The Bertz CT molecular complexity index is 1060. The lowest BCUT2D eigenvalue weighted by Crippen LogP contribution is -2.30. The Kier molecular flexibility index (Phi) is 7.71. The molecule has 2 aromatic rings. The predicted molar refractivity (Wildman–Crippen MR) is 111 cm³/mol. The number of amides is 1. The summed E-state index contributed by atoms with van der Waals surface area (Å²) >= 11 is 6.08. The lowest BCUT2D eigenvalue weighted by Gasteiger charge is -2.19. The van der Waals surface area contributed by atoms with Crippen LogP contribution in [-0.2, 0) is 14.8 Å². The van der Waals surface area contributed by atoms with Gasteiger partial charge in [-0.15, -0.1) is 0 Å². The molecule has 0 aliphatic carbocycles. The molecule has 0 fully saturated rings. The van der Waals surface area contributed by atoms with Crippen LogP contribution in [0.3, 0.4) is 0 Å². The van der Waals surface area contributed by atoms with E-state index in [4.69, 9.17) is 16.3 Å². The molecule has 0 bridgehead atoms. The minimum absolute atomic E-state index is 0.0230. The number of halogens is 1. The van der Waals surface area contributed by atoms with Gasteiger partial charge >= 0.3 is 5.82 Å². The molecule has 12 heteroatoms. The number of benzene rings is 1. The number of hydrogen-bond donors (Lipinski definition) is 1. The van der Waals surface area contributed by atoms with E-state index >= 15 is 0 Å². The summed E-state index contributed by atoms with van der Waals surface area (Å²) in [6.45, 7) is 5.05. The van der Waals surface area contributed by atoms with Gasteiger partial charge in [-0.3, -0.25) is 4.79 Å². The van der Waals surface area contributed by atoms with E-state index in [0.717, 1.165) is 0 Å². The van der Waals surface area contributed by atoms with Gasteiger partial charge in [0.15, 0.2) is 6.61 Å². The quantitative estimate of drug-likeness (QED) is 0.453. The summed E-state index contributed by atoms with van der Waals surface area (Å²) in [5, 5.41) is 13.7. The number of carbonyl (C=O) groups excluding carboxylic acids is 1. The van der Waals surface area contributed by atoms with E-state index in [1.807, 2.05) is 0 Å². The van der Waals surface area contributed by atoms with E-state index in [1.54, 1.807) is 20.8 Å². The summed E-state index contributed by atoms with van der Waals surface area (Å²) in [4.78, 5) is 26.4. The number of carbonyl (C=O) groups is 1. The van der Waals surface area contributed by atoms with Crippen molar-refractivity contribution in [3.63, 3.8) is 0 Å². The number of nitrogens with one attached hydrogen (secondary N) is 1. The number of anilines is 1. The van der Waals surface area contributed by atoms with Gasteiger partial charge in [-0.1, -0.05) is 25.4 Å². The number of hydrogen-bond acceptors (Lipinski definition) is 7. The van der Waals surface area contributed by atoms with E-state index in [0.29, 0.717) is 18.8 Å². The topological polar surface area (TPSA) is 132 Å². The maximum absolute atomic E-state index is 12.7. The molecule has 1 aromatic heterocycles. The van der Waals surface area contributed by atoms with Crippen LogP contribution in [-0.4, -0.2) is 48.2 Å². The summed E-state index contributed by atoms with van der Waals surface area (Å²) in [6.07, 6.45) is 0. The molecule has 0 saturated heterocycles. The zero-order valence-corrected chi connectivity index (χ0v) is 18.2. The Labute approximate surface area is 179 Å². The first-order chi connectivity index (χ1) is 14.1. The maximum atomic E-state index is 12.7. The molecule has 1 N–H and O–H groups in total. The highest BCUT2D eigenvalue weighted by molar-refractivity contribution is 7.89. The van der Waals surface area contributed by atoms with Crippen molar-refractivity contribution in [1.82, 2.24) is 9.29 Å². The average Bonchev–Trinajstić information content (AvgIpc) is 2.69. The molecular weight excluding hydrogens is 436 g/mol. The molecule has 0 aliphatic rings. The molecule has 0 saturated carbocycles. The van der Waals surface area contributed by atoms with E-state index in [-0.39, 0.29) is 21.4 Å². The van der Waals surface area contributed by atoms with Gasteiger partial charge in [-0.25, -0.2) is 8.42 Å². The normalized spacial score (nSPS) is 11.4. The van der Waals surface area contributed by atoms with Crippen LogP contribution in [0.25, 0.3) is 0 Å². The van der Waals surface area contributed by atoms with Gasteiger partial charge in [-0.05, 0) is 40.2 Å². The van der Waals surface area contributed by atoms with E-state index in [2.05, 4.69) is 10.3 Å². The largest absolute Gasteiger partial charge is 0.476 e. The first kappa shape index (κ1) is 23.5. The minimum Gasteiger partial charge on any atom is -0.476 e. The molecule has 0 spiro atoms. The van der Waals surface area contributed by atoms with Gasteiger partial charge in [0.05, 0.1) is 15.6 Å². The van der Waals surface area contributed by atoms with Crippen molar-refractivity contribution in [3.05, 3.63) is 51.2 Å². The van der Waals surface area contributed by atoms with Crippen molar-refractivity contribution in [1.29, 1.82) is 0 Å². The second-order valence-corrected chi connectivity index (χ2v) is 8.44. The highest BCUT2D eigenvalue weighted by Crippen LogP contribution is 2.28. The van der Waals surface area contributed by atoms with Crippen molar-refractivity contribution in [2.24, 2.45) is 0 Å². The fourth-order valence-corrected chi connectivity index (χ4v) is 4.23. The highest BCUT2D eigenvalue weighted by Gasteiger charge is 2.23. The van der Waals surface area contributed by atoms with Crippen molar-refractivity contribution in [2.75, 3.05) is 25.0 Å². The second kappa shape index (κ2) is 9.83. The van der Waals surface area contributed by atoms with Crippen LogP contribution in [0, 0.1) is 17.0 Å². The number of nitro groups is 1. The Morgan fingerprint density at radius 1 is 1.27 bits per heavy atom. The number of sulfonamides is 1. The molecule has 1 aromatic carbocycles. The molecule has 0 unspecified atom stereocenters. The second-order valence-electron chi connectivity index (χ2n) is 6.10. The molecule has 0 aliphatic heterocycles.